The van der Waals surface area contributed by atoms with E-state index in [0.717, 1.165) is 16.7 Å². The first-order valence-electron chi connectivity index (χ1n) is 6.28. The minimum absolute atomic E-state index is 0.0732. The molecule has 1 aliphatic rings. The molecule has 0 bridgehead atoms. The first-order chi connectivity index (χ1) is 10.2. The number of hydrogen-bond acceptors (Lipinski definition) is 4. The number of amides is 2. The van der Waals surface area contributed by atoms with Crippen LogP contribution in [0, 0.1) is 0 Å². The minimum Gasteiger partial charge on any atom is -0.507 e. The number of phenolic OH excluding ortho intramolecular Hbond substituents is 1. The summed E-state index contributed by atoms with van der Waals surface area (Å²) in [6.45, 7) is 0. The van der Waals surface area contributed by atoms with E-state index >= 15 is 0 Å². The average Bonchev–Trinajstić information content (AvgIpc) is 2.77. The summed E-state index contributed by atoms with van der Waals surface area (Å²) in [5, 5.41) is 9.40. The van der Waals surface area contributed by atoms with E-state index in [9.17, 15) is 14.7 Å². The zero-order valence-corrected chi connectivity index (χ0v) is 11.7. The van der Waals surface area contributed by atoms with Crippen LogP contribution >= 0.6 is 11.8 Å². The Balaban J connectivity index is 1.96. The van der Waals surface area contributed by atoms with E-state index in [1.807, 2.05) is 6.07 Å². The number of nitrogens with zero attached hydrogens (tertiary/aromatic N) is 1. The zero-order chi connectivity index (χ0) is 14.8. The summed E-state index contributed by atoms with van der Waals surface area (Å²) in [5.74, 6) is -0.302. The summed E-state index contributed by atoms with van der Waals surface area (Å²) in [5.41, 5.74) is 1.05. The van der Waals surface area contributed by atoms with Gasteiger partial charge in [0, 0.05) is 5.56 Å². The Morgan fingerprint density at radius 3 is 2.33 bits per heavy atom. The van der Waals surface area contributed by atoms with Crippen LogP contribution in [0.15, 0.2) is 59.5 Å². The minimum atomic E-state index is -0.376. The largest absolute Gasteiger partial charge is 0.507 e. The fourth-order valence-corrected chi connectivity index (χ4v) is 2.85. The molecular weight excluding hydrogens is 286 g/mol. The Hall–Kier alpha value is -2.53. The molecule has 21 heavy (non-hydrogen) atoms. The fraction of sp³-hybridized carbons (Fsp3) is 0. The van der Waals surface area contributed by atoms with E-state index in [1.54, 1.807) is 42.5 Å². The van der Waals surface area contributed by atoms with Crippen molar-refractivity contribution < 1.29 is 14.7 Å². The molecule has 0 spiro atoms. The number of benzene rings is 2. The Morgan fingerprint density at radius 1 is 0.952 bits per heavy atom. The normalized spacial score (nSPS) is 16.8. The van der Waals surface area contributed by atoms with Crippen molar-refractivity contribution in [1.29, 1.82) is 0 Å². The van der Waals surface area contributed by atoms with Crippen molar-refractivity contribution >= 4 is 34.7 Å². The third-order valence-corrected chi connectivity index (χ3v) is 3.90. The topological polar surface area (TPSA) is 57.6 Å². The second-order valence-corrected chi connectivity index (χ2v) is 5.40. The summed E-state index contributed by atoms with van der Waals surface area (Å²) in [4.78, 5) is 25.8. The van der Waals surface area contributed by atoms with Gasteiger partial charge in [0.2, 0.25) is 0 Å². The van der Waals surface area contributed by atoms with Crippen LogP contribution in [0.1, 0.15) is 5.56 Å². The van der Waals surface area contributed by atoms with Gasteiger partial charge in [-0.1, -0.05) is 36.4 Å². The molecule has 0 radical (unpaired) electrons. The van der Waals surface area contributed by atoms with Gasteiger partial charge in [-0.15, -0.1) is 0 Å². The Kier molecular flexibility index (Phi) is 3.50. The molecule has 1 N–H and O–H groups in total. The maximum absolute atomic E-state index is 12.4. The molecule has 2 amide bonds. The number of phenols is 1. The first-order valence-corrected chi connectivity index (χ1v) is 7.09. The number of thioether (sulfide) groups is 1. The summed E-state index contributed by atoms with van der Waals surface area (Å²) in [7, 11) is 0. The SMILES string of the molecule is O=C1S/C(=C/c2ccccc2O)C(=O)N1c1ccccc1. The van der Waals surface area contributed by atoms with Gasteiger partial charge < -0.3 is 5.11 Å². The summed E-state index contributed by atoms with van der Waals surface area (Å²) < 4.78 is 0. The molecule has 0 unspecified atom stereocenters. The van der Waals surface area contributed by atoms with Crippen molar-refractivity contribution in [2.75, 3.05) is 4.90 Å². The van der Waals surface area contributed by atoms with Gasteiger partial charge in [0.05, 0.1) is 10.6 Å². The second kappa shape index (κ2) is 5.46. The maximum atomic E-state index is 12.4. The van der Waals surface area contributed by atoms with E-state index in [1.165, 1.54) is 12.1 Å². The maximum Gasteiger partial charge on any atom is 0.298 e. The lowest BCUT2D eigenvalue weighted by Gasteiger charge is -2.11. The van der Waals surface area contributed by atoms with Crippen molar-refractivity contribution in [1.82, 2.24) is 0 Å². The molecule has 2 aromatic rings. The van der Waals surface area contributed by atoms with Crippen molar-refractivity contribution in [3.63, 3.8) is 0 Å². The quantitative estimate of drug-likeness (QED) is 0.860. The van der Waals surface area contributed by atoms with Gasteiger partial charge in [0.15, 0.2) is 0 Å². The number of rotatable bonds is 2. The number of aromatic hydroxyl groups is 1. The van der Waals surface area contributed by atoms with Crippen LogP contribution in [-0.2, 0) is 4.79 Å². The van der Waals surface area contributed by atoms with Gasteiger partial charge in [0.1, 0.15) is 5.75 Å². The lowest BCUT2D eigenvalue weighted by Crippen LogP contribution is -2.27. The van der Waals surface area contributed by atoms with E-state index in [4.69, 9.17) is 0 Å². The molecule has 3 rings (SSSR count). The number of hydrogen-bond donors (Lipinski definition) is 1. The lowest BCUT2D eigenvalue weighted by molar-refractivity contribution is -0.113. The highest BCUT2D eigenvalue weighted by atomic mass is 32.2. The Labute approximate surface area is 125 Å². The van der Waals surface area contributed by atoms with Gasteiger partial charge in [-0.05, 0) is 36.0 Å². The predicted molar refractivity (Wildman–Crippen MR) is 83.0 cm³/mol. The standard InChI is InChI=1S/C16H11NO3S/c18-13-9-5-4-6-11(13)10-14-15(19)17(16(20)21-14)12-7-2-1-3-8-12/h1-10,18H/b14-10+. The van der Waals surface area contributed by atoms with Gasteiger partial charge in [-0.2, -0.15) is 0 Å². The third-order valence-electron chi connectivity index (χ3n) is 3.03. The van der Waals surface area contributed by atoms with Crippen LogP contribution in [0.2, 0.25) is 0 Å². The molecule has 0 aromatic heterocycles. The third kappa shape index (κ3) is 2.55. The smallest absolute Gasteiger partial charge is 0.298 e. The van der Waals surface area contributed by atoms with E-state index in [-0.39, 0.29) is 16.9 Å². The van der Waals surface area contributed by atoms with Gasteiger partial charge in [-0.3, -0.25) is 9.59 Å². The summed E-state index contributed by atoms with van der Waals surface area (Å²) in [6, 6.07) is 15.4. The molecule has 1 heterocycles. The monoisotopic (exact) mass is 297 g/mol. The molecule has 0 aliphatic carbocycles. The highest BCUT2D eigenvalue weighted by Crippen LogP contribution is 2.36. The lowest BCUT2D eigenvalue weighted by atomic mass is 10.2. The summed E-state index contributed by atoms with van der Waals surface area (Å²) >= 11 is 0.868. The van der Waals surface area contributed by atoms with Crippen molar-refractivity contribution in [2.24, 2.45) is 0 Å². The zero-order valence-electron chi connectivity index (χ0n) is 10.9. The number of para-hydroxylation sites is 2. The van der Waals surface area contributed by atoms with Gasteiger partial charge >= 0.3 is 0 Å². The van der Waals surface area contributed by atoms with Gasteiger partial charge in [0.25, 0.3) is 11.1 Å². The Bertz CT molecular complexity index is 740. The van der Waals surface area contributed by atoms with Crippen LogP contribution in [0.5, 0.6) is 5.75 Å². The van der Waals surface area contributed by atoms with E-state index in [2.05, 4.69) is 0 Å². The van der Waals surface area contributed by atoms with Crippen LogP contribution in [-0.4, -0.2) is 16.3 Å². The number of carbonyl (C=O) groups excluding carboxylic acids is 2. The molecule has 2 aromatic carbocycles. The molecule has 5 heteroatoms. The van der Waals surface area contributed by atoms with Crippen molar-refractivity contribution in [3.8, 4) is 5.75 Å². The predicted octanol–water partition coefficient (Wildman–Crippen LogP) is 3.63. The number of anilines is 1. The average molecular weight is 297 g/mol. The molecule has 0 saturated carbocycles. The second-order valence-electron chi connectivity index (χ2n) is 4.41. The Morgan fingerprint density at radius 2 is 1.62 bits per heavy atom. The molecule has 1 fully saturated rings. The number of carbonyl (C=O) groups is 2. The van der Waals surface area contributed by atoms with Crippen LogP contribution in [0.3, 0.4) is 0 Å². The first kappa shape index (κ1) is 13.5. The van der Waals surface area contributed by atoms with Gasteiger partial charge in [-0.25, -0.2) is 4.90 Å². The van der Waals surface area contributed by atoms with Crippen LogP contribution < -0.4 is 4.90 Å². The highest BCUT2D eigenvalue weighted by Gasteiger charge is 2.36. The van der Waals surface area contributed by atoms with Crippen LogP contribution in [0.4, 0.5) is 10.5 Å². The summed E-state index contributed by atoms with van der Waals surface area (Å²) in [6.07, 6.45) is 1.53. The highest BCUT2D eigenvalue weighted by molar-refractivity contribution is 8.19. The van der Waals surface area contributed by atoms with Crippen molar-refractivity contribution in [3.05, 3.63) is 65.1 Å². The van der Waals surface area contributed by atoms with E-state index in [0.29, 0.717) is 16.2 Å². The molecule has 1 saturated heterocycles. The molecule has 0 atom stereocenters. The molecule has 104 valence electrons. The molecule has 1 aliphatic heterocycles. The number of imide groups is 1. The fourth-order valence-electron chi connectivity index (χ4n) is 2.02. The van der Waals surface area contributed by atoms with Crippen LogP contribution in [0.25, 0.3) is 6.08 Å². The van der Waals surface area contributed by atoms with E-state index < -0.39 is 0 Å². The molecular formula is C16H11NO3S. The molecule has 4 nitrogen and oxygen atoms in total. The van der Waals surface area contributed by atoms with Crippen molar-refractivity contribution in [2.45, 2.75) is 0 Å².